The molecule has 17 heavy (non-hydrogen) atoms. The standard InChI is InChI=1S/C13H16FNO2/c14-12-3-1-10(2-4-12)7-11-5-6-15(8-11)9-13(16)17/h1-4,11H,5-9H2,(H,16,17). The number of carboxylic acid groups (broad SMARTS) is 1. The maximum atomic E-state index is 12.7. The number of likely N-dealkylation sites (tertiary alicyclic amines) is 1. The molecule has 0 amide bonds. The summed E-state index contributed by atoms with van der Waals surface area (Å²) in [5.74, 6) is -0.500. The minimum atomic E-state index is -0.771. The van der Waals surface area contributed by atoms with Crippen LogP contribution in [0.4, 0.5) is 4.39 Å². The van der Waals surface area contributed by atoms with Crippen molar-refractivity contribution in [2.45, 2.75) is 12.8 Å². The van der Waals surface area contributed by atoms with Crippen LogP contribution >= 0.6 is 0 Å². The molecule has 1 heterocycles. The van der Waals surface area contributed by atoms with Crippen LogP contribution in [-0.2, 0) is 11.2 Å². The minimum Gasteiger partial charge on any atom is -0.480 e. The number of halogens is 1. The Morgan fingerprint density at radius 1 is 1.41 bits per heavy atom. The smallest absolute Gasteiger partial charge is 0.317 e. The lowest BCUT2D eigenvalue weighted by atomic mass is 9.99. The minimum absolute atomic E-state index is 0.125. The predicted molar refractivity (Wildman–Crippen MR) is 62.3 cm³/mol. The Bertz CT molecular complexity index is 391. The van der Waals surface area contributed by atoms with Crippen LogP contribution < -0.4 is 0 Å². The molecule has 0 aromatic heterocycles. The van der Waals surface area contributed by atoms with E-state index in [0.29, 0.717) is 5.92 Å². The lowest BCUT2D eigenvalue weighted by molar-refractivity contribution is -0.138. The molecule has 0 radical (unpaired) electrons. The summed E-state index contributed by atoms with van der Waals surface area (Å²) in [4.78, 5) is 12.5. The molecule has 1 saturated heterocycles. The van der Waals surface area contributed by atoms with E-state index in [9.17, 15) is 9.18 Å². The molecule has 1 fully saturated rings. The molecule has 1 aliphatic rings. The van der Waals surface area contributed by atoms with Crippen molar-refractivity contribution in [1.82, 2.24) is 4.90 Å². The van der Waals surface area contributed by atoms with E-state index in [2.05, 4.69) is 0 Å². The van der Waals surface area contributed by atoms with Crippen LogP contribution in [0.1, 0.15) is 12.0 Å². The topological polar surface area (TPSA) is 40.5 Å². The van der Waals surface area contributed by atoms with Gasteiger partial charge in [0.15, 0.2) is 0 Å². The molecule has 0 saturated carbocycles. The Kier molecular flexibility index (Phi) is 3.74. The van der Waals surface area contributed by atoms with Crippen LogP contribution in [0.3, 0.4) is 0 Å². The summed E-state index contributed by atoms with van der Waals surface area (Å²) in [5.41, 5.74) is 1.12. The normalized spacial score (nSPS) is 20.6. The van der Waals surface area contributed by atoms with Gasteiger partial charge in [-0.1, -0.05) is 12.1 Å². The van der Waals surface area contributed by atoms with Crippen molar-refractivity contribution in [3.63, 3.8) is 0 Å². The van der Waals surface area contributed by atoms with Crippen LogP contribution in [0.5, 0.6) is 0 Å². The van der Waals surface area contributed by atoms with Crippen molar-refractivity contribution in [3.8, 4) is 0 Å². The number of rotatable bonds is 4. The van der Waals surface area contributed by atoms with E-state index in [1.54, 1.807) is 12.1 Å². The summed E-state index contributed by atoms with van der Waals surface area (Å²) in [6.07, 6.45) is 1.92. The molecule has 0 spiro atoms. The maximum Gasteiger partial charge on any atom is 0.317 e. The molecule has 1 atom stereocenters. The summed E-state index contributed by atoms with van der Waals surface area (Å²) in [5, 5.41) is 8.70. The molecule has 0 aliphatic carbocycles. The molecule has 4 heteroatoms. The zero-order chi connectivity index (χ0) is 12.3. The molecular formula is C13H16FNO2. The monoisotopic (exact) mass is 237 g/mol. The third-order valence-corrected chi connectivity index (χ3v) is 3.17. The molecule has 1 aromatic rings. The first kappa shape index (κ1) is 12.0. The lowest BCUT2D eigenvalue weighted by Gasteiger charge is -2.13. The van der Waals surface area contributed by atoms with Gasteiger partial charge in [-0.2, -0.15) is 0 Å². The van der Waals surface area contributed by atoms with Gasteiger partial charge < -0.3 is 5.11 Å². The average Bonchev–Trinajstić information content (AvgIpc) is 2.68. The van der Waals surface area contributed by atoms with Gasteiger partial charge in [0.2, 0.25) is 0 Å². The van der Waals surface area contributed by atoms with Gasteiger partial charge in [0, 0.05) is 6.54 Å². The quantitative estimate of drug-likeness (QED) is 0.867. The van der Waals surface area contributed by atoms with Crippen LogP contribution in [0.15, 0.2) is 24.3 Å². The number of carboxylic acids is 1. The van der Waals surface area contributed by atoms with Crippen molar-refractivity contribution in [3.05, 3.63) is 35.6 Å². The number of aliphatic carboxylic acids is 1. The second-order valence-electron chi connectivity index (χ2n) is 4.61. The van der Waals surface area contributed by atoms with Crippen molar-refractivity contribution in [2.75, 3.05) is 19.6 Å². The van der Waals surface area contributed by atoms with E-state index in [4.69, 9.17) is 5.11 Å². The van der Waals surface area contributed by atoms with Crippen LogP contribution in [0.2, 0.25) is 0 Å². The van der Waals surface area contributed by atoms with Gasteiger partial charge in [0.05, 0.1) is 6.54 Å². The highest BCUT2D eigenvalue weighted by molar-refractivity contribution is 5.69. The van der Waals surface area contributed by atoms with Gasteiger partial charge in [-0.3, -0.25) is 9.69 Å². The van der Waals surface area contributed by atoms with E-state index in [-0.39, 0.29) is 12.4 Å². The van der Waals surface area contributed by atoms with E-state index in [1.165, 1.54) is 12.1 Å². The van der Waals surface area contributed by atoms with Crippen molar-refractivity contribution in [2.24, 2.45) is 5.92 Å². The molecule has 1 unspecified atom stereocenters. The Morgan fingerprint density at radius 3 is 2.76 bits per heavy atom. The van der Waals surface area contributed by atoms with Gasteiger partial charge >= 0.3 is 5.97 Å². The zero-order valence-electron chi connectivity index (χ0n) is 9.60. The fraction of sp³-hybridized carbons (Fsp3) is 0.462. The lowest BCUT2D eigenvalue weighted by Crippen LogP contribution is -2.27. The van der Waals surface area contributed by atoms with Crippen LogP contribution in [-0.4, -0.2) is 35.6 Å². The zero-order valence-corrected chi connectivity index (χ0v) is 9.60. The highest BCUT2D eigenvalue weighted by atomic mass is 19.1. The predicted octanol–water partition coefficient (Wildman–Crippen LogP) is 1.77. The van der Waals surface area contributed by atoms with Gasteiger partial charge in [0.1, 0.15) is 5.82 Å². The Hall–Kier alpha value is -1.42. The second kappa shape index (κ2) is 5.27. The third-order valence-electron chi connectivity index (χ3n) is 3.17. The fourth-order valence-corrected chi connectivity index (χ4v) is 2.37. The molecule has 2 rings (SSSR count). The highest BCUT2D eigenvalue weighted by Gasteiger charge is 2.23. The molecule has 92 valence electrons. The summed E-state index contributed by atoms with van der Waals surface area (Å²) in [6, 6.07) is 6.54. The Balaban J connectivity index is 1.85. The van der Waals surface area contributed by atoms with Gasteiger partial charge in [0.25, 0.3) is 0 Å². The summed E-state index contributed by atoms with van der Waals surface area (Å²) >= 11 is 0. The summed E-state index contributed by atoms with van der Waals surface area (Å²) < 4.78 is 12.7. The van der Waals surface area contributed by atoms with E-state index >= 15 is 0 Å². The number of nitrogens with zero attached hydrogens (tertiary/aromatic N) is 1. The molecule has 3 nitrogen and oxygen atoms in total. The molecule has 0 bridgehead atoms. The summed E-state index contributed by atoms with van der Waals surface area (Å²) in [7, 11) is 0. The number of benzene rings is 1. The number of hydrogen-bond acceptors (Lipinski definition) is 2. The van der Waals surface area contributed by atoms with Crippen LogP contribution in [0.25, 0.3) is 0 Å². The number of hydrogen-bond donors (Lipinski definition) is 1. The van der Waals surface area contributed by atoms with E-state index < -0.39 is 5.97 Å². The molecule has 1 aromatic carbocycles. The first-order chi connectivity index (χ1) is 8.13. The van der Waals surface area contributed by atoms with Crippen LogP contribution in [0, 0.1) is 11.7 Å². The first-order valence-corrected chi connectivity index (χ1v) is 5.82. The van der Waals surface area contributed by atoms with Crippen molar-refractivity contribution in [1.29, 1.82) is 0 Å². The van der Waals surface area contributed by atoms with Crippen molar-refractivity contribution >= 4 is 5.97 Å². The Morgan fingerprint density at radius 2 is 2.12 bits per heavy atom. The first-order valence-electron chi connectivity index (χ1n) is 5.82. The number of carbonyl (C=O) groups is 1. The second-order valence-corrected chi connectivity index (χ2v) is 4.61. The third kappa shape index (κ3) is 3.53. The molecule has 1 aliphatic heterocycles. The van der Waals surface area contributed by atoms with Crippen molar-refractivity contribution < 1.29 is 14.3 Å². The largest absolute Gasteiger partial charge is 0.480 e. The summed E-state index contributed by atoms with van der Waals surface area (Å²) in [6.45, 7) is 1.79. The van der Waals surface area contributed by atoms with Gasteiger partial charge in [-0.25, -0.2) is 4.39 Å². The fourth-order valence-electron chi connectivity index (χ4n) is 2.37. The molecular weight excluding hydrogens is 221 g/mol. The highest BCUT2D eigenvalue weighted by Crippen LogP contribution is 2.20. The van der Waals surface area contributed by atoms with E-state index in [1.807, 2.05) is 4.90 Å². The SMILES string of the molecule is O=C(O)CN1CCC(Cc2ccc(F)cc2)C1. The van der Waals surface area contributed by atoms with E-state index in [0.717, 1.165) is 31.5 Å². The van der Waals surface area contributed by atoms with Gasteiger partial charge in [-0.05, 0) is 43.0 Å². The average molecular weight is 237 g/mol. The maximum absolute atomic E-state index is 12.7. The molecule has 1 N–H and O–H groups in total. The van der Waals surface area contributed by atoms with Gasteiger partial charge in [-0.15, -0.1) is 0 Å². The Labute approximate surface area is 99.9 Å².